The van der Waals surface area contributed by atoms with E-state index in [4.69, 9.17) is 5.73 Å². The SMILES string of the molecule is CSc1c(O)ccc(-c2cc(N)n(C)n2)c1F. The summed E-state index contributed by atoms with van der Waals surface area (Å²) in [5, 5.41) is 13.6. The number of nitrogens with zero attached hydrogens (tertiary/aromatic N) is 2. The number of anilines is 1. The minimum absolute atomic E-state index is 0.0670. The molecule has 1 heterocycles. The molecule has 6 heteroatoms. The molecule has 0 radical (unpaired) electrons. The third-order valence-electron chi connectivity index (χ3n) is 2.47. The van der Waals surface area contributed by atoms with E-state index in [1.54, 1.807) is 19.4 Å². The first-order valence-electron chi connectivity index (χ1n) is 4.90. The molecule has 3 N–H and O–H groups in total. The molecule has 17 heavy (non-hydrogen) atoms. The van der Waals surface area contributed by atoms with E-state index in [1.165, 1.54) is 16.8 Å². The molecule has 1 aromatic carbocycles. The van der Waals surface area contributed by atoms with Gasteiger partial charge in [-0.1, -0.05) is 0 Å². The van der Waals surface area contributed by atoms with Crippen LogP contribution in [0.4, 0.5) is 10.2 Å². The fourth-order valence-corrected chi connectivity index (χ4v) is 2.12. The largest absolute Gasteiger partial charge is 0.507 e. The monoisotopic (exact) mass is 253 g/mol. The number of nitrogen functional groups attached to an aromatic ring is 1. The third kappa shape index (κ3) is 1.95. The molecule has 1 aromatic heterocycles. The van der Waals surface area contributed by atoms with E-state index in [2.05, 4.69) is 5.10 Å². The van der Waals surface area contributed by atoms with Gasteiger partial charge in [0.25, 0.3) is 0 Å². The summed E-state index contributed by atoms with van der Waals surface area (Å²) in [5.41, 5.74) is 6.44. The lowest BCUT2D eigenvalue weighted by Crippen LogP contribution is -1.96. The van der Waals surface area contributed by atoms with Gasteiger partial charge < -0.3 is 10.8 Å². The topological polar surface area (TPSA) is 64.1 Å². The first-order valence-corrected chi connectivity index (χ1v) is 6.12. The highest BCUT2D eigenvalue weighted by Gasteiger charge is 2.16. The first kappa shape index (κ1) is 11.8. The van der Waals surface area contributed by atoms with E-state index in [0.29, 0.717) is 17.1 Å². The Bertz CT molecular complexity index is 549. The van der Waals surface area contributed by atoms with Crippen LogP contribution >= 0.6 is 11.8 Å². The van der Waals surface area contributed by atoms with Crippen LogP contribution in [0.25, 0.3) is 11.3 Å². The summed E-state index contributed by atoms with van der Waals surface area (Å²) in [7, 11) is 1.69. The zero-order valence-electron chi connectivity index (χ0n) is 9.44. The number of hydrogen-bond donors (Lipinski definition) is 2. The predicted octanol–water partition coefficient (Wildman–Crippen LogP) is 2.24. The van der Waals surface area contributed by atoms with E-state index in [-0.39, 0.29) is 10.6 Å². The van der Waals surface area contributed by atoms with Gasteiger partial charge in [0, 0.05) is 18.7 Å². The summed E-state index contributed by atoms with van der Waals surface area (Å²) < 4.78 is 15.6. The molecular formula is C11H12FN3OS. The van der Waals surface area contributed by atoms with Crippen LogP contribution in [0.2, 0.25) is 0 Å². The molecule has 0 aliphatic heterocycles. The number of thioether (sulfide) groups is 1. The molecule has 2 aromatic rings. The van der Waals surface area contributed by atoms with Crippen molar-refractivity contribution in [1.29, 1.82) is 0 Å². The van der Waals surface area contributed by atoms with Crippen molar-refractivity contribution in [3.63, 3.8) is 0 Å². The molecule has 0 bridgehead atoms. The highest BCUT2D eigenvalue weighted by molar-refractivity contribution is 7.98. The summed E-state index contributed by atoms with van der Waals surface area (Å²) in [6, 6.07) is 4.54. The molecule has 4 nitrogen and oxygen atoms in total. The zero-order chi connectivity index (χ0) is 12.6. The number of aromatic nitrogens is 2. The number of nitrogens with two attached hydrogens (primary N) is 1. The molecule has 0 amide bonds. The Morgan fingerprint density at radius 1 is 1.47 bits per heavy atom. The van der Waals surface area contributed by atoms with Crippen molar-refractivity contribution in [1.82, 2.24) is 9.78 Å². The normalized spacial score (nSPS) is 10.8. The smallest absolute Gasteiger partial charge is 0.149 e. The van der Waals surface area contributed by atoms with Gasteiger partial charge in [-0.15, -0.1) is 11.8 Å². The summed E-state index contributed by atoms with van der Waals surface area (Å²) in [6.07, 6.45) is 1.70. The zero-order valence-corrected chi connectivity index (χ0v) is 10.3. The number of aryl methyl sites for hydroxylation is 1. The number of hydrogen-bond acceptors (Lipinski definition) is 4. The lowest BCUT2D eigenvalue weighted by atomic mass is 10.1. The minimum atomic E-state index is -0.476. The Morgan fingerprint density at radius 3 is 2.71 bits per heavy atom. The number of benzene rings is 1. The van der Waals surface area contributed by atoms with Crippen molar-refractivity contribution >= 4 is 17.6 Å². The summed E-state index contributed by atoms with van der Waals surface area (Å²) in [6.45, 7) is 0. The van der Waals surface area contributed by atoms with Crippen LogP contribution in [0.1, 0.15) is 0 Å². The van der Waals surface area contributed by atoms with Gasteiger partial charge in [0.15, 0.2) is 0 Å². The summed E-state index contributed by atoms with van der Waals surface area (Å²) in [4.78, 5) is 0.215. The van der Waals surface area contributed by atoms with E-state index >= 15 is 0 Å². The second-order valence-corrected chi connectivity index (χ2v) is 4.37. The van der Waals surface area contributed by atoms with E-state index < -0.39 is 5.82 Å². The fraction of sp³-hybridized carbons (Fsp3) is 0.182. The van der Waals surface area contributed by atoms with Gasteiger partial charge in [0.1, 0.15) is 17.4 Å². The van der Waals surface area contributed by atoms with Crippen molar-refractivity contribution in [2.75, 3.05) is 12.0 Å². The van der Waals surface area contributed by atoms with Gasteiger partial charge in [-0.05, 0) is 18.4 Å². The fourth-order valence-electron chi connectivity index (χ4n) is 1.55. The third-order valence-corrected chi connectivity index (χ3v) is 3.27. The van der Waals surface area contributed by atoms with Gasteiger partial charge in [0.05, 0.1) is 10.6 Å². The molecule has 90 valence electrons. The van der Waals surface area contributed by atoms with E-state index in [9.17, 15) is 9.50 Å². The average Bonchev–Trinajstić information content (AvgIpc) is 2.59. The molecule has 0 atom stereocenters. The van der Waals surface area contributed by atoms with Crippen LogP contribution < -0.4 is 5.73 Å². The average molecular weight is 253 g/mol. The standard InChI is InChI=1S/C11H12FN3OS/c1-15-9(13)5-7(14-15)6-3-4-8(16)11(17-2)10(6)12/h3-5,16H,13H2,1-2H3. The Hall–Kier alpha value is -1.69. The Morgan fingerprint density at radius 2 is 2.18 bits per heavy atom. The molecule has 0 unspecified atom stereocenters. The number of phenolic OH excluding ortho intramolecular Hbond substituents is 1. The van der Waals surface area contributed by atoms with Crippen LogP contribution in [0, 0.1) is 5.82 Å². The van der Waals surface area contributed by atoms with Gasteiger partial charge in [0.2, 0.25) is 0 Å². The second-order valence-electron chi connectivity index (χ2n) is 3.56. The molecular weight excluding hydrogens is 241 g/mol. The lowest BCUT2D eigenvalue weighted by Gasteiger charge is -2.06. The maximum absolute atomic E-state index is 14.1. The molecule has 0 aliphatic rings. The highest BCUT2D eigenvalue weighted by Crippen LogP contribution is 2.35. The number of halogens is 1. The molecule has 0 saturated carbocycles. The van der Waals surface area contributed by atoms with Crippen LogP contribution in [-0.2, 0) is 7.05 Å². The van der Waals surface area contributed by atoms with Gasteiger partial charge in [-0.2, -0.15) is 5.10 Å². The molecule has 0 spiro atoms. The Labute approximate surface area is 102 Å². The second kappa shape index (κ2) is 4.29. The maximum atomic E-state index is 14.1. The lowest BCUT2D eigenvalue weighted by molar-refractivity contribution is 0.450. The van der Waals surface area contributed by atoms with Gasteiger partial charge >= 0.3 is 0 Å². The summed E-state index contributed by atoms with van der Waals surface area (Å²) in [5.74, 6) is -0.0866. The van der Waals surface area contributed by atoms with Crippen LogP contribution in [0.3, 0.4) is 0 Å². The first-order chi connectivity index (χ1) is 8.04. The van der Waals surface area contributed by atoms with Crippen LogP contribution in [0.15, 0.2) is 23.1 Å². The highest BCUT2D eigenvalue weighted by atomic mass is 32.2. The van der Waals surface area contributed by atoms with Gasteiger partial charge in [-0.3, -0.25) is 4.68 Å². The minimum Gasteiger partial charge on any atom is -0.507 e. The predicted molar refractivity (Wildman–Crippen MR) is 66.5 cm³/mol. The maximum Gasteiger partial charge on any atom is 0.149 e. The van der Waals surface area contributed by atoms with E-state index in [1.807, 2.05) is 0 Å². The van der Waals surface area contributed by atoms with Crippen LogP contribution in [0.5, 0.6) is 5.75 Å². The van der Waals surface area contributed by atoms with Crippen molar-refractivity contribution < 1.29 is 9.50 Å². The van der Waals surface area contributed by atoms with Crippen molar-refractivity contribution in [3.05, 3.63) is 24.0 Å². The quantitative estimate of drug-likeness (QED) is 0.806. The summed E-state index contributed by atoms with van der Waals surface area (Å²) >= 11 is 1.15. The van der Waals surface area contributed by atoms with Crippen molar-refractivity contribution in [2.45, 2.75) is 4.90 Å². The molecule has 2 rings (SSSR count). The van der Waals surface area contributed by atoms with E-state index in [0.717, 1.165) is 11.8 Å². The Balaban J connectivity index is 2.60. The molecule has 0 saturated heterocycles. The molecule has 0 aliphatic carbocycles. The van der Waals surface area contributed by atoms with Crippen LogP contribution in [-0.4, -0.2) is 21.1 Å². The number of phenols is 1. The number of rotatable bonds is 2. The van der Waals surface area contributed by atoms with Crippen molar-refractivity contribution in [3.8, 4) is 17.0 Å². The molecule has 0 fully saturated rings. The number of aromatic hydroxyl groups is 1. The Kier molecular flexibility index (Phi) is 2.97. The van der Waals surface area contributed by atoms with Gasteiger partial charge in [-0.25, -0.2) is 4.39 Å². The van der Waals surface area contributed by atoms with Crippen molar-refractivity contribution in [2.24, 2.45) is 7.05 Å².